The third-order valence-corrected chi connectivity index (χ3v) is 4.43. The van der Waals surface area contributed by atoms with Gasteiger partial charge in [-0.25, -0.2) is 4.98 Å². The van der Waals surface area contributed by atoms with Crippen LogP contribution in [0.15, 0.2) is 35.4 Å². The van der Waals surface area contributed by atoms with Crippen LogP contribution in [0.2, 0.25) is 0 Å². The molecule has 0 amide bonds. The van der Waals surface area contributed by atoms with Crippen LogP contribution in [0.3, 0.4) is 0 Å². The Morgan fingerprint density at radius 3 is 2.94 bits per heavy atom. The lowest BCUT2D eigenvalue weighted by molar-refractivity contribution is 0.101. The summed E-state index contributed by atoms with van der Waals surface area (Å²) in [6.45, 7) is 3.60. The average Bonchev–Trinajstić information content (AvgIpc) is 2.73. The van der Waals surface area contributed by atoms with Gasteiger partial charge in [0.15, 0.2) is 5.78 Å². The minimum Gasteiger partial charge on any atom is -0.295 e. The van der Waals surface area contributed by atoms with Gasteiger partial charge in [-0.3, -0.25) is 4.79 Å². The van der Waals surface area contributed by atoms with Crippen molar-refractivity contribution in [2.45, 2.75) is 24.5 Å². The molecule has 0 aliphatic rings. The predicted octanol–water partition coefficient (Wildman–Crippen LogP) is 3.95. The Labute approximate surface area is 109 Å². The minimum absolute atomic E-state index is 0.112. The summed E-state index contributed by atoms with van der Waals surface area (Å²) >= 11 is 3.46. The molecule has 0 fully saturated rings. The Hall–Kier alpha value is -1.13. The first-order chi connectivity index (χ1) is 8.15. The van der Waals surface area contributed by atoms with E-state index >= 15 is 0 Å². The quantitative estimate of drug-likeness (QED) is 0.618. The molecule has 0 saturated carbocycles. The van der Waals surface area contributed by atoms with Crippen molar-refractivity contribution in [1.82, 2.24) is 4.98 Å². The third kappa shape index (κ3) is 3.41. The fourth-order valence-electron chi connectivity index (χ4n) is 1.43. The van der Waals surface area contributed by atoms with E-state index in [0.29, 0.717) is 0 Å². The maximum Gasteiger partial charge on any atom is 0.159 e. The number of Topliss-reactive ketones (excluding diaryl/α,β-unsaturated/α-hetero) is 1. The lowest BCUT2D eigenvalue weighted by atomic mass is 10.2. The van der Waals surface area contributed by atoms with Crippen molar-refractivity contribution < 1.29 is 4.79 Å². The van der Waals surface area contributed by atoms with Gasteiger partial charge in [0.2, 0.25) is 0 Å². The first-order valence-corrected chi connectivity index (χ1v) is 7.10. The summed E-state index contributed by atoms with van der Waals surface area (Å²) in [7, 11) is 0. The number of aryl methyl sites for hydroxylation is 1. The van der Waals surface area contributed by atoms with Gasteiger partial charge in [-0.1, -0.05) is 12.1 Å². The fourth-order valence-corrected chi connectivity index (χ4v) is 3.20. The molecule has 0 aliphatic heterocycles. The molecule has 0 saturated heterocycles. The highest BCUT2D eigenvalue weighted by Crippen LogP contribution is 2.26. The van der Waals surface area contributed by atoms with Crippen molar-refractivity contribution >= 4 is 28.9 Å². The molecule has 0 atom stereocenters. The van der Waals surface area contributed by atoms with Gasteiger partial charge in [0.25, 0.3) is 0 Å². The molecule has 0 N–H and O–H groups in total. The standard InChI is InChI=1S/C13H13NOS2/c1-9(15)11-4-3-5-12(6-11)16-8-13-7-14-10(2)17-13/h3-7H,8H2,1-2H3. The van der Waals surface area contributed by atoms with Gasteiger partial charge in [0.1, 0.15) is 0 Å². The zero-order valence-electron chi connectivity index (χ0n) is 9.77. The Kier molecular flexibility index (Phi) is 3.97. The van der Waals surface area contributed by atoms with Gasteiger partial charge in [0, 0.05) is 27.3 Å². The number of ketones is 1. The molecule has 4 heteroatoms. The second kappa shape index (κ2) is 5.47. The van der Waals surface area contributed by atoms with E-state index in [2.05, 4.69) is 4.98 Å². The molecular formula is C13H13NOS2. The van der Waals surface area contributed by atoms with Crippen LogP contribution in [0, 0.1) is 6.92 Å². The average molecular weight is 263 g/mol. The number of carbonyl (C=O) groups is 1. The number of thiazole rings is 1. The molecule has 0 bridgehead atoms. The summed E-state index contributed by atoms with van der Waals surface area (Å²) in [4.78, 5) is 17.9. The fraction of sp³-hybridized carbons (Fsp3) is 0.231. The van der Waals surface area contributed by atoms with Gasteiger partial charge in [0.05, 0.1) is 5.01 Å². The Balaban J connectivity index is 2.04. The number of nitrogens with zero attached hydrogens (tertiary/aromatic N) is 1. The predicted molar refractivity (Wildman–Crippen MR) is 72.9 cm³/mol. The van der Waals surface area contributed by atoms with E-state index in [0.717, 1.165) is 21.2 Å². The highest BCUT2D eigenvalue weighted by atomic mass is 32.2. The number of benzene rings is 1. The molecule has 1 aromatic heterocycles. The number of thioether (sulfide) groups is 1. The molecule has 2 aromatic rings. The summed E-state index contributed by atoms with van der Waals surface area (Å²) < 4.78 is 0. The molecule has 88 valence electrons. The van der Waals surface area contributed by atoms with Gasteiger partial charge < -0.3 is 0 Å². The molecule has 1 aromatic carbocycles. The minimum atomic E-state index is 0.112. The van der Waals surface area contributed by atoms with E-state index in [9.17, 15) is 4.79 Å². The monoisotopic (exact) mass is 263 g/mol. The smallest absolute Gasteiger partial charge is 0.159 e. The number of hydrogen-bond donors (Lipinski definition) is 0. The zero-order chi connectivity index (χ0) is 12.3. The van der Waals surface area contributed by atoms with Crippen molar-refractivity contribution in [1.29, 1.82) is 0 Å². The highest BCUT2D eigenvalue weighted by Gasteiger charge is 2.03. The molecule has 0 radical (unpaired) electrons. The van der Waals surface area contributed by atoms with E-state index < -0.39 is 0 Å². The highest BCUT2D eigenvalue weighted by molar-refractivity contribution is 7.98. The van der Waals surface area contributed by atoms with E-state index in [4.69, 9.17) is 0 Å². The van der Waals surface area contributed by atoms with Crippen LogP contribution in [-0.4, -0.2) is 10.8 Å². The normalized spacial score (nSPS) is 10.5. The van der Waals surface area contributed by atoms with Crippen LogP contribution in [0.5, 0.6) is 0 Å². The van der Waals surface area contributed by atoms with E-state index in [1.165, 1.54) is 4.88 Å². The van der Waals surface area contributed by atoms with Crippen LogP contribution in [0.4, 0.5) is 0 Å². The third-order valence-electron chi connectivity index (χ3n) is 2.29. The molecule has 0 unspecified atom stereocenters. The van der Waals surface area contributed by atoms with Crippen molar-refractivity contribution in [2.75, 3.05) is 0 Å². The second-order valence-electron chi connectivity index (χ2n) is 3.72. The largest absolute Gasteiger partial charge is 0.295 e. The van der Waals surface area contributed by atoms with E-state index in [1.807, 2.05) is 37.4 Å². The van der Waals surface area contributed by atoms with Crippen molar-refractivity contribution in [3.05, 3.63) is 45.9 Å². The molecule has 1 heterocycles. The number of hydrogen-bond acceptors (Lipinski definition) is 4. The molecule has 2 nitrogen and oxygen atoms in total. The number of carbonyl (C=O) groups excluding carboxylic acids is 1. The second-order valence-corrected chi connectivity index (χ2v) is 6.09. The van der Waals surface area contributed by atoms with Crippen LogP contribution < -0.4 is 0 Å². The number of aromatic nitrogens is 1. The van der Waals surface area contributed by atoms with Crippen molar-refractivity contribution in [2.24, 2.45) is 0 Å². The Bertz CT molecular complexity index is 534. The van der Waals surface area contributed by atoms with Crippen molar-refractivity contribution in [3.63, 3.8) is 0 Å². The molecule has 0 aliphatic carbocycles. The van der Waals surface area contributed by atoms with Crippen LogP contribution >= 0.6 is 23.1 Å². The summed E-state index contributed by atoms with van der Waals surface area (Å²) in [6, 6.07) is 7.76. The summed E-state index contributed by atoms with van der Waals surface area (Å²) in [5, 5.41) is 1.10. The molecule has 0 spiro atoms. The van der Waals surface area contributed by atoms with E-state index in [-0.39, 0.29) is 5.78 Å². The van der Waals surface area contributed by atoms with Crippen molar-refractivity contribution in [3.8, 4) is 0 Å². The summed E-state index contributed by atoms with van der Waals surface area (Å²) in [6.07, 6.45) is 1.92. The van der Waals surface area contributed by atoms with Gasteiger partial charge in [-0.15, -0.1) is 23.1 Å². The van der Waals surface area contributed by atoms with Gasteiger partial charge >= 0.3 is 0 Å². The first-order valence-electron chi connectivity index (χ1n) is 5.30. The maximum absolute atomic E-state index is 11.3. The maximum atomic E-state index is 11.3. The van der Waals surface area contributed by atoms with Gasteiger partial charge in [-0.05, 0) is 26.0 Å². The van der Waals surface area contributed by atoms with Gasteiger partial charge in [-0.2, -0.15) is 0 Å². The lowest BCUT2D eigenvalue weighted by Crippen LogP contribution is -1.91. The molecule has 17 heavy (non-hydrogen) atoms. The van der Waals surface area contributed by atoms with E-state index in [1.54, 1.807) is 30.0 Å². The summed E-state index contributed by atoms with van der Waals surface area (Å²) in [5.41, 5.74) is 0.774. The zero-order valence-corrected chi connectivity index (χ0v) is 11.4. The summed E-state index contributed by atoms with van der Waals surface area (Å²) in [5.74, 6) is 1.02. The van der Waals surface area contributed by atoms with Crippen LogP contribution in [0.25, 0.3) is 0 Å². The van der Waals surface area contributed by atoms with Crippen LogP contribution in [0.1, 0.15) is 27.2 Å². The first kappa shape index (κ1) is 12.3. The number of rotatable bonds is 4. The lowest BCUT2D eigenvalue weighted by Gasteiger charge is -2.01. The molecule has 2 rings (SSSR count). The Morgan fingerprint density at radius 2 is 2.29 bits per heavy atom. The topological polar surface area (TPSA) is 30.0 Å². The SMILES string of the molecule is CC(=O)c1cccc(SCc2cnc(C)s2)c1. The Morgan fingerprint density at radius 1 is 1.47 bits per heavy atom. The molecular weight excluding hydrogens is 250 g/mol. The van der Waals surface area contributed by atoms with Crippen LogP contribution in [-0.2, 0) is 5.75 Å².